The maximum atomic E-state index is 2.58. The number of nitrogens with zero attached hydrogens (tertiary/aromatic N) is 2. The molecule has 0 fully saturated rings. The zero-order valence-electron chi connectivity index (χ0n) is 50.8. The third kappa shape index (κ3) is 6.57. The van der Waals surface area contributed by atoms with Gasteiger partial charge >= 0.3 is 0 Å². The van der Waals surface area contributed by atoms with Gasteiger partial charge in [-0.05, 0) is 166 Å². The van der Waals surface area contributed by atoms with Gasteiger partial charge in [0, 0.05) is 59.3 Å². The Labute approximate surface area is 539 Å². The smallest absolute Gasteiger partial charge is 0.0726 e. The molecule has 2 nitrogen and oxygen atoms in total. The predicted molar refractivity (Wildman–Crippen MR) is 384 cm³/mol. The fraction of sp³-hybridized carbons (Fsp3) is 0.0562. The first-order valence-corrected chi connectivity index (χ1v) is 33.1. The van der Waals surface area contributed by atoms with E-state index in [1.807, 2.05) is 11.3 Å². The van der Waals surface area contributed by atoms with Gasteiger partial charge in [-0.2, -0.15) is 0 Å². The highest BCUT2D eigenvalue weighted by atomic mass is 32.1. The lowest BCUT2D eigenvalue weighted by Gasteiger charge is -2.32. The molecule has 1 heterocycles. The number of para-hydroxylation sites is 2. The van der Waals surface area contributed by atoms with Crippen LogP contribution >= 0.6 is 11.3 Å². The highest BCUT2D eigenvalue weighted by Gasteiger charge is 2.55. The monoisotopic (exact) mass is 1190 g/mol. The summed E-state index contributed by atoms with van der Waals surface area (Å²) in [5.74, 6) is 0. The average molecular weight is 1190 g/mol. The van der Waals surface area contributed by atoms with E-state index in [-0.39, 0.29) is 5.41 Å². The highest BCUT2D eigenvalue weighted by Crippen LogP contribution is 2.68. The van der Waals surface area contributed by atoms with Crippen molar-refractivity contribution in [2.75, 3.05) is 9.80 Å². The van der Waals surface area contributed by atoms with E-state index in [9.17, 15) is 0 Å². The van der Waals surface area contributed by atoms with Crippen LogP contribution in [0.3, 0.4) is 0 Å². The summed E-state index contributed by atoms with van der Waals surface area (Å²) in [6.07, 6.45) is 0. The van der Waals surface area contributed by atoms with Crippen molar-refractivity contribution in [2.45, 2.75) is 30.1 Å². The number of hydrogen-bond donors (Lipinski definition) is 0. The molecule has 92 heavy (non-hydrogen) atoms. The Kier molecular flexibility index (Phi) is 10.7. The van der Waals surface area contributed by atoms with Gasteiger partial charge in [-0.25, -0.2) is 0 Å². The summed E-state index contributed by atoms with van der Waals surface area (Å²) in [4.78, 5) is 5.11. The third-order valence-electron chi connectivity index (χ3n) is 21.5. The number of thiophene rings is 1. The SMILES string of the molecule is CC1(C)c2ccccc2-c2ccc(N(c3ccccc3)c3cccc4c3-c3ccccc3C43c4ccccc4-c4c(-c5ccc(N(c6ccccc6)c6cccc7c6-c6ccccc6C76c7ccccc7-c7ccccc76)c6c5sc5ccccc56)cccc43)cc21. The van der Waals surface area contributed by atoms with Gasteiger partial charge in [-0.3, -0.25) is 0 Å². The molecule has 430 valence electrons. The molecule has 15 aromatic rings. The van der Waals surface area contributed by atoms with Crippen LogP contribution in [0.2, 0.25) is 0 Å². The van der Waals surface area contributed by atoms with Gasteiger partial charge in [0.05, 0.1) is 27.9 Å². The van der Waals surface area contributed by atoms with Crippen LogP contribution < -0.4 is 9.80 Å². The molecule has 1 aromatic heterocycles. The lowest BCUT2D eigenvalue weighted by Crippen LogP contribution is -2.26. The predicted octanol–water partition coefficient (Wildman–Crippen LogP) is 23.7. The van der Waals surface area contributed by atoms with Crippen molar-refractivity contribution in [3.8, 4) is 66.8 Å². The van der Waals surface area contributed by atoms with Gasteiger partial charge in [0.15, 0.2) is 0 Å². The first-order chi connectivity index (χ1) is 45.5. The molecule has 0 aliphatic heterocycles. The molecule has 0 saturated heterocycles. The molecule has 1 unspecified atom stereocenters. The lowest BCUT2D eigenvalue weighted by molar-refractivity contribution is 0.660. The van der Waals surface area contributed by atoms with Crippen LogP contribution in [-0.2, 0) is 16.2 Å². The topological polar surface area (TPSA) is 6.48 Å². The summed E-state index contributed by atoms with van der Waals surface area (Å²) in [6, 6.07) is 120. The fourth-order valence-electron chi connectivity index (χ4n) is 18.0. The van der Waals surface area contributed by atoms with Gasteiger partial charge in [-0.15, -0.1) is 11.3 Å². The molecular formula is C89H58N2S. The van der Waals surface area contributed by atoms with Crippen LogP contribution in [0.4, 0.5) is 34.1 Å². The first kappa shape index (κ1) is 51.8. The van der Waals surface area contributed by atoms with Crippen molar-refractivity contribution in [3.05, 3.63) is 371 Å². The third-order valence-corrected chi connectivity index (χ3v) is 22.7. The second-order valence-corrected chi connectivity index (χ2v) is 27.1. The van der Waals surface area contributed by atoms with Crippen molar-refractivity contribution in [1.82, 2.24) is 0 Å². The van der Waals surface area contributed by atoms with E-state index in [0.29, 0.717) is 0 Å². The molecule has 0 bridgehead atoms. The summed E-state index contributed by atoms with van der Waals surface area (Å²) in [6.45, 7) is 4.77. The standard InChI is InChI=1S/C89H58N2S/c1-87(2)68-38-16-9-30-58(68)61-51-50-57(54-77(61)87)90(55-26-5-3-6-27-55)78-47-24-46-76-83(78)66-35-14-21-43-73(66)89(76)71-41-19-12-33-64(71)82-62(37-23-44-74(82)89)63-52-53-80(85-67-36-15-22-49-81(67)92-86(63)85)91(56-28-7-4-8-29-56)79-48-25-45-75-84(79)65-34-13-20-42-72(65)88(75)69-39-17-10-31-59(69)60-32-11-18-40-70(60)88/h3-54H,1-2H3. The van der Waals surface area contributed by atoms with E-state index >= 15 is 0 Å². The highest BCUT2D eigenvalue weighted by molar-refractivity contribution is 7.26. The minimum Gasteiger partial charge on any atom is -0.310 e. The minimum atomic E-state index is -0.612. The number of rotatable bonds is 7. The summed E-state index contributed by atoms with van der Waals surface area (Å²) in [7, 11) is 0. The van der Waals surface area contributed by atoms with E-state index < -0.39 is 10.8 Å². The number of fused-ring (bicyclic) bond motifs is 26. The van der Waals surface area contributed by atoms with E-state index in [1.165, 1.54) is 148 Å². The first-order valence-electron chi connectivity index (χ1n) is 32.2. The number of hydrogen-bond acceptors (Lipinski definition) is 3. The molecule has 0 N–H and O–H groups in total. The van der Waals surface area contributed by atoms with Crippen molar-refractivity contribution >= 4 is 65.6 Å². The second-order valence-electron chi connectivity index (χ2n) is 26.0. The van der Waals surface area contributed by atoms with E-state index in [0.717, 1.165) is 28.4 Å². The normalized spacial score (nSPS) is 15.5. The zero-order chi connectivity index (χ0) is 60.6. The minimum absolute atomic E-state index is 0.160. The number of anilines is 6. The Morgan fingerprint density at radius 2 is 0.641 bits per heavy atom. The maximum Gasteiger partial charge on any atom is 0.0726 e. The molecule has 5 aliphatic rings. The molecule has 1 atom stereocenters. The quantitative estimate of drug-likeness (QED) is 0.157. The molecule has 14 aromatic carbocycles. The lowest BCUT2D eigenvalue weighted by atomic mass is 9.70. The van der Waals surface area contributed by atoms with Crippen LogP contribution in [0.25, 0.3) is 86.9 Å². The molecule has 3 heteroatoms. The van der Waals surface area contributed by atoms with Crippen LogP contribution in [0.1, 0.15) is 69.5 Å². The van der Waals surface area contributed by atoms with Crippen molar-refractivity contribution in [1.29, 1.82) is 0 Å². The van der Waals surface area contributed by atoms with Gasteiger partial charge in [0.1, 0.15) is 0 Å². The maximum absolute atomic E-state index is 2.58. The van der Waals surface area contributed by atoms with Crippen LogP contribution in [-0.4, -0.2) is 0 Å². The van der Waals surface area contributed by atoms with Gasteiger partial charge in [0.2, 0.25) is 0 Å². The largest absolute Gasteiger partial charge is 0.310 e. The van der Waals surface area contributed by atoms with Gasteiger partial charge in [-0.1, -0.05) is 269 Å². The Balaban J connectivity index is 0.807. The van der Waals surface area contributed by atoms with Crippen LogP contribution in [0.5, 0.6) is 0 Å². The van der Waals surface area contributed by atoms with Crippen LogP contribution in [0.15, 0.2) is 315 Å². The van der Waals surface area contributed by atoms with Crippen molar-refractivity contribution < 1.29 is 0 Å². The van der Waals surface area contributed by atoms with E-state index in [2.05, 4.69) is 339 Å². The molecule has 0 saturated carbocycles. The Bertz CT molecular complexity index is 5610. The molecule has 0 radical (unpaired) electrons. The summed E-state index contributed by atoms with van der Waals surface area (Å²) in [5.41, 5.74) is 34.3. The molecule has 0 amide bonds. The van der Waals surface area contributed by atoms with Crippen LogP contribution in [0, 0.1) is 0 Å². The number of benzene rings is 14. The van der Waals surface area contributed by atoms with Gasteiger partial charge < -0.3 is 9.80 Å². The van der Waals surface area contributed by atoms with E-state index in [4.69, 9.17) is 0 Å². The molecular weight excluding hydrogens is 1130 g/mol. The second kappa shape index (κ2) is 19.0. The van der Waals surface area contributed by atoms with Crippen molar-refractivity contribution in [3.63, 3.8) is 0 Å². The molecule has 2 spiro atoms. The Hall–Kier alpha value is -11.1. The summed E-state index contributed by atoms with van der Waals surface area (Å²) in [5, 5.41) is 2.50. The summed E-state index contributed by atoms with van der Waals surface area (Å²) < 4.78 is 2.54. The Morgan fingerprint density at radius 3 is 1.23 bits per heavy atom. The van der Waals surface area contributed by atoms with Gasteiger partial charge in [0.25, 0.3) is 0 Å². The molecule has 5 aliphatic carbocycles. The van der Waals surface area contributed by atoms with E-state index in [1.54, 1.807) is 0 Å². The van der Waals surface area contributed by atoms with Crippen molar-refractivity contribution in [2.24, 2.45) is 0 Å². The zero-order valence-corrected chi connectivity index (χ0v) is 51.6. The molecule has 20 rings (SSSR count). The fourth-order valence-corrected chi connectivity index (χ4v) is 19.2. The average Bonchev–Trinajstić information content (AvgIpc) is 1.51. The Morgan fingerprint density at radius 1 is 0.250 bits per heavy atom. The summed E-state index contributed by atoms with van der Waals surface area (Å²) >= 11 is 1.92.